The van der Waals surface area contributed by atoms with Crippen LogP contribution in [0.15, 0.2) is 28.8 Å². The van der Waals surface area contributed by atoms with E-state index in [0.29, 0.717) is 11.3 Å². The molecular formula is C17H19F3N2O2S. The van der Waals surface area contributed by atoms with Crippen LogP contribution in [0.1, 0.15) is 41.1 Å². The molecule has 0 fully saturated rings. The van der Waals surface area contributed by atoms with Gasteiger partial charge in [0.1, 0.15) is 5.76 Å². The van der Waals surface area contributed by atoms with Crippen LogP contribution in [0.3, 0.4) is 0 Å². The number of halogens is 3. The number of hydrogen-bond acceptors (Lipinski definition) is 4. The molecule has 0 aliphatic carbocycles. The largest absolute Gasteiger partial charge is 0.416 e. The third-order valence-electron chi connectivity index (χ3n) is 3.78. The van der Waals surface area contributed by atoms with Crippen molar-refractivity contribution in [3.8, 4) is 0 Å². The average Bonchev–Trinajstić information content (AvgIpc) is 2.86. The van der Waals surface area contributed by atoms with Gasteiger partial charge in [0.15, 0.2) is 0 Å². The maximum atomic E-state index is 12.6. The van der Waals surface area contributed by atoms with Gasteiger partial charge in [-0.05, 0) is 38.5 Å². The summed E-state index contributed by atoms with van der Waals surface area (Å²) in [5, 5.41) is 6.64. The van der Waals surface area contributed by atoms with Gasteiger partial charge in [-0.15, -0.1) is 11.8 Å². The number of hydrogen-bond donors (Lipinski definition) is 1. The molecule has 25 heavy (non-hydrogen) atoms. The average molecular weight is 372 g/mol. The van der Waals surface area contributed by atoms with Crippen molar-refractivity contribution in [2.45, 2.75) is 38.7 Å². The van der Waals surface area contributed by atoms with Crippen molar-refractivity contribution in [3.05, 3.63) is 52.4 Å². The maximum Gasteiger partial charge on any atom is 0.416 e. The van der Waals surface area contributed by atoms with E-state index < -0.39 is 11.7 Å². The number of carbonyl (C=O) groups is 1. The first kappa shape index (κ1) is 19.4. The number of rotatable bonds is 6. The topological polar surface area (TPSA) is 55.1 Å². The summed E-state index contributed by atoms with van der Waals surface area (Å²) in [6.45, 7) is 5.40. The minimum Gasteiger partial charge on any atom is -0.361 e. The van der Waals surface area contributed by atoms with Crippen LogP contribution in [0.25, 0.3) is 0 Å². The molecule has 2 rings (SSSR count). The molecule has 136 valence electrons. The van der Waals surface area contributed by atoms with Crippen molar-refractivity contribution in [1.29, 1.82) is 0 Å². The van der Waals surface area contributed by atoms with E-state index in [2.05, 4.69) is 10.5 Å². The number of benzene rings is 1. The van der Waals surface area contributed by atoms with Crippen LogP contribution >= 0.6 is 11.8 Å². The van der Waals surface area contributed by atoms with Crippen LogP contribution in [0.5, 0.6) is 0 Å². The normalized spacial score (nSPS) is 12.9. The summed E-state index contributed by atoms with van der Waals surface area (Å²) in [5.74, 6) is 1.42. The fourth-order valence-electron chi connectivity index (χ4n) is 2.28. The van der Waals surface area contributed by atoms with Crippen LogP contribution in [0, 0.1) is 13.8 Å². The second-order valence-electron chi connectivity index (χ2n) is 5.70. The minimum atomic E-state index is -4.36. The number of aryl methyl sites for hydroxylation is 2. The lowest BCUT2D eigenvalue weighted by molar-refractivity contribution is -0.137. The van der Waals surface area contributed by atoms with Crippen molar-refractivity contribution < 1.29 is 22.5 Å². The number of nitrogens with one attached hydrogen (secondary N) is 1. The molecule has 0 saturated heterocycles. The van der Waals surface area contributed by atoms with Gasteiger partial charge in [0.2, 0.25) is 5.91 Å². The lowest BCUT2D eigenvalue weighted by Gasteiger charge is -2.15. The first-order chi connectivity index (χ1) is 11.7. The van der Waals surface area contributed by atoms with Crippen LogP contribution < -0.4 is 5.32 Å². The van der Waals surface area contributed by atoms with E-state index in [1.165, 1.54) is 23.9 Å². The molecule has 1 atom stereocenters. The van der Waals surface area contributed by atoms with Crippen molar-refractivity contribution in [2.75, 3.05) is 5.75 Å². The summed E-state index contributed by atoms with van der Waals surface area (Å²) in [6.07, 6.45) is -4.36. The van der Waals surface area contributed by atoms with Crippen molar-refractivity contribution in [1.82, 2.24) is 10.5 Å². The number of alkyl halides is 3. The summed E-state index contributed by atoms with van der Waals surface area (Å²) in [4.78, 5) is 12.0. The molecular weight excluding hydrogens is 353 g/mol. The Kier molecular flexibility index (Phi) is 6.16. The van der Waals surface area contributed by atoms with Gasteiger partial charge in [-0.25, -0.2) is 0 Å². The van der Waals surface area contributed by atoms with Gasteiger partial charge in [0, 0.05) is 11.3 Å². The highest BCUT2D eigenvalue weighted by Gasteiger charge is 2.30. The summed E-state index contributed by atoms with van der Waals surface area (Å²) >= 11 is 1.43. The van der Waals surface area contributed by atoms with E-state index in [-0.39, 0.29) is 17.7 Å². The van der Waals surface area contributed by atoms with E-state index in [9.17, 15) is 18.0 Å². The van der Waals surface area contributed by atoms with Gasteiger partial charge in [-0.2, -0.15) is 13.2 Å². The quantitative estimate of drug-likeness (QED) is 0.816. The molecule has 1 unspecified atom stereocenters. The minimum absolute atomic E-state index is 0.177. The molecule has 1 aromatic carbocycles. The van der Waals surface area contributed by atoms with E-state index in [1.54, 1.807) is 6.92 Å². The van der Waals surface area contributed by atoms with Gasteiger partial charge in [-0.1, -0.05) is 17.3 Å². The maximum absolute atomic E-state index is 12.6. The molecule has 0 saturated carbocycles. The second-order valence-corrected chi connectivity index (χ2v) is 6.69. The van der Waals surface area contributed by atoms with Gasteiger partial charge in [0.25, 0.3) is 0 Å². The van der Waals surface area contributed by atoms with Crippen molar-refractivity contribution >= 4 is 17.7 Å². The van der Waals surface area contributed by atoms with Crippen LogP contribution in [0.4, 0.5) is 13.2 Å². The molecule has 1 N–H and O–H groups in total. The van der Waals surface area contributed by atoms with E-state index >= 15 is 0 Å². The first-order valence-corrected chi connectivity index (χ1v) is 8.80. The molecule has 2 aromatic rings. The van der Waals surface area contributed by atoms with Crippen LogP contribution in [-0.4, -0.2) is 16.8 Å². The Morgan fingerprint density at radius 2 is 1.92 bits per heavy atom. The zero-order chi connectivity index (χ0) is 18.6. The third-order valence-corrected chi connectivity index (χ3v) is 4.74. The highest BCUT2D eigenvalue weighted by Crippen LogP contribution is 2.30. The Bertz CT molecular complexity index is 707. The molecule has 1 heterocycles. The van der Waals surface area contributed by atoms with Gasteiger partial charge in [0.05, 0.1) is 23.1 Å². The molecule has 1 amide bonds. The molecule has 0 radical (unpaired) electrons. The summed E-state index contributed by atoms with van der Waals surface area (Å²) in [5.41, 5.74) is 1.71. The Morgan fingerprint density at radius 1 is 1.28 bits per heavy atom. The SMILES string of the molecule is Cc1noc(C)c1CSCC(=O)NC(C)c1ccc(C(F)(F)F)cc1. The second kappa shape index (κ2) is 7.95. The van der Waals surface area contributed by atoms with Gasteiger partial charge < -0.3 is 9.84 Å². The first-order valence-electron chi connectivity index (χ1n) is 7.64. The Labute approximate surface area is 148 Å². The number of amides is 1. The summed E-state index contributed by atoms with van der Waals surface area (Å²) in [7, 11) is 0. The highest BCUT2D eigenvalue weighted by molar-refractivity contribution is 7.99. The fourth-order valence-corrected chi connectivity index (χ4v) is 3.27. The Balaban J connectivity index is 1.83. The molecule has 0 aliphatic heterocycles. The standard InChI is InChI=1S/C17H19F3N2O2S/c1-10(13-4-6-14(7-5-13)17(18,19)20)21-16(23)9-25-8-15-11(2)22-24-12(15)3/h4-7,10H,8-9H2,1-3H3,(H,21,23). The molecule has 0 bridgehead atoms. The van der Waals surface area contributed by atoms with Crippen molar-refractivity contribution in [2.24, 2.45) is 0 Å². The summed E-state index contributed by atoms with van der Waals surface area (Å²) in [6, 6.07) is 4.43. The van der Waals surface area contributed by atoms with Crippen LogP contribution in [-0.2, 0) is 16.7 Å². The lowest BCUT2D eigenvalue weighted by atomic mass is 10.1. The smallest absolute Gasteiger partial charge is 0.361 e. The molecule has 0 aliphatic rings. The molecule has 8 heteroatoms. The molecule has 0 spiro atoms. The molecule has 4 nitrogen and oxygen atoms in total. The predicted molar refractivity (Wildman–Crippen MR) is 90.1 cm³/mol. The van der Waals surface area contributed by atoms with E-state index in [4.69, 9.17) is 4.52 Å². The van der Waals surface area contributed by atoms with Gasteiger partial charge in [-0.3, -0.25) is 4.79 Å². The molecule has 1 aromatic heterocycles. The Morgan fingerprint density at radius 3 is 2.44 bits per heavy atom. The van der Waals surface area contributed by atoms with E-state index in [1.807, 2.05) is 13.8 Å². The Hall–Kier alpha value is -1.96. The number of carbonyl (C=O) groups excluding carboxylic acids is 1. The monoisotopic (exact) mass is 372 g/mol. The number of nitrogens with zero attached hydrogens (tertiary/aromatic N) is 1. The third kappa shape index (κ3) is 5.26. The number of aromatic nitrogens is 1. The number of thioether (sulfide) groups is 1. The summed E-state index contributed by atoms with van der Waals surface area (Å²) < 4.78 is 42.7. The fraction of sp³-hybridized carbons (Fsp3) is 0.412. The predicted octanol–water partition coefficient (Wildman–Crippen LogP) is 4.42. The lowest BCUT2D eigenvalue weighted by Crippen LogP contribution is -2.28. The zero-order valence-electron chi connectivity index (χ0n) is 14.1. The van der Waals surface area contributed by atoms with E-state index in [0.717, 1.165) is 29.2 Å². The zero-order valence-corrected chi connectivity index (χ0v) is 14.9. The van der Waals surface area contributed by atoms with Gasteiger partial charge >= 0.3 is 6.18 Å². The van der Waals surface area contributed by atoms with Crippen LogP contribution in [0.2, 0.25) is 0 Å². The highest BCUT2D eigenvalue weighted by atomic mass is 32.2. The van der Waals surface area contributed by atoms with Crippen molar-refractivity contribution in [3.63, 3.8) is 0 Å².